The average Bonchev–Trinajstić information content (AvgIpc) is 2.85. The number of fused-ring (bicyclic) bond motifs is 1. The first-order valence-electron chi connectivity index (χ1n) is 10.8. The van der Waals surface area contributed by atoms with Gasteiger partial charge in [0.1, 0.15) is 6.10 Å². The van der Waals surface area contributed by atoms with Crippen LogP contribution in [0, 0.1) is 11.8 Å². The SMILES string of the molecule is C[Si]1(C)CC[C@H]2C(CCO)=NN=C(CCO)[C@@H]2[C@H](OC(=O)NCc2ccccc2)C1. The highest BCUT2D eigenvalue weighted by Crippen LogP contribution is 2.40. The van der Waals surface area contributed by atoms with Crippen LogP contribution < -0.4 is 5.32 Å². The van der Waals surface area contributed by atoms with Crippen molar-refractivity contribution < 1.29 is 19.7 Å². The van der Waals surface area contributed by atoms with Crippen LogP contribution in [-0.4, -0.2) is 55.1 Å². The van der Waals surface area contributed by atoms with Gasteiger partial charge in [0.15, 0.2) is 0 Å². The number of alkyl carbamates (subject to hydrolysis) is 1. The summed E-state index contributed by atoms with van der Waals surface area (Å²) in [5.41, 5.74) is 2.70. The Bertz CT molecular complexity index is 782. The third kappa shape index (κ3) is 5.77. The molecule has 3 atom stereocenters. The van der Waals surface area contributed by atoms with Crippen molar-refractivity contribution in [3.05, 3.63) is 35.9 Å². The van der Waals surface area contributed by atoms with E-state index in [1.165, 1.54) is 0 Å². The summed E-state index contributed by atoms with van der Waals surface area (Å²) in [7, 11) is -1.59. The van der Waals surface area contributed by atoms with E-state index in [1.54, 1.807) is 0 Å². The van der Waals surface area contributed by atoms with Gasteiger partial charge in [0.05, 0.1) is 13.8 Å². The maximum absolute atomic E-state index is 12.7. The lowest BCUT2D eigenvalue weighted by Crippen LogP contribution is -2.44. The predicted molar refractivity (Wildman–Crippen MR) is 121 cm³/mol. The number of hydrogen-bond acceptors (Lipinski definition) is 6. The third-order valence-electron chi connectivity index (χ3n) is 6.11. The number of hydrogen-bond donors (Lipinski definition) is 3. The van der Waals surface area contributed by atoms with E-state index < -0.39 is 14.2 Å². The van der Waals surface area contributed by atoms with Gasteiger partial charge in [0.25, 0.3) is 0 Å². The second-order valence-electron chi connectivity index (χ2n) is 8.95. The molecule has 0 saturated carbocycles. The van der Waals surface area contributed by atoms with E-state index in [0.717, 1.165) is 35.5 Å². The minimum Gasteiger partial charge on any atom is -0.446 e. The zero-order valence-electron chi connectivity index (χ0n) is 17.9. The van der Waals surface area contributed by atoms with Gasteiger partial charge in [-0.05, 0) is 18.0 Å². The van der Waals surface area contributed by atoms with Crippen molar-refractivity contribution in [3.8, 4) is 0 Å². The number of benzene rings is 1. The normalized spacial score (nSPS) is 25.4. The van der Waals surface area contributed by atoms with Gasteiger partial charge in [-0.3, -0.25) is 0 Å². The Morgan fingerprint density at radius 1 is 1.13 bits per heavy atom. The first-order valence-corrected chi connectivity index (χ1v) is 14.2. The lowest BCUT2D eigenvalue weighted by atomic mass is 9.77. The van der Waals surface area contributed by atoms with Gasteiger partial charge in [-0.2, -0.15) is 10.2 Å². The van der Waals surface area contributed by atoms with Crippen LogP contribution in [0.25, 0.3) is 0 Å². The molecule has 7 nitrogen and oxygen atoms in total. The fourth-order valence-electron chi connectivity index (χ4n) is 4.59. The van der Waals surface area contributed by atoms with Crippen molar-refractivity contribution in [3.63, 3.8) is 0 Å². The molecule has 0 aromatic heterocycles. The Kier molecular flexibility index (Phi) is 7.79. The molecular formula is C22H33N3O4Si. The number of aliphatic hydroxyl groups excluding tert-OH is 2. The first kappa shape index (κ1) is 22.6. The minimum atomic E-state index is -1.59. The summed E-state index contributed by atoms with van der Waals surface area (Å²) in [6.07, 6.45) is 1.13. The molecule has 0 aliphatic carbocycles. The van der Waals surface area contributed by atoms with Crippen LogP contribution in [0.15, 0.2) is 40.5 Å². The number of nitrogens with one attached hydrogen (secondary N) is 1. The van der Waals surface area contributed by atoms with Gasteiger partial charge in [-0.15, -0.1) is 0 Å². The molecule has 1 aromatic carbocycles. The topological polar surface area (TPSA) is 104 Å². The quantitative estimate of drug-likeness (QED) is 0.577. The van der Waals surface area contributed by atoms with Crippen LogP contribution in [0.5, 0.6) is 0 Å². The van der Waals surface area contributed by atoms with Crippen LogP contribution in [0.2, 0.25) is 25.2 Å². The molecule has 3 rings (SSSR count). The summed E-state index contributed by atoms with van der Waals surface area (Å²) in [6.45, 7) is 5.08. The van der Waals surface area contributed by atoms with Crippen LogP contribution in [0.3, 0.4) is 0 Å². The maximum Gasteiger partial charge on any atom is 0.407 e. The molecule has 30 heavy (non-hydrogen) atoms. The summed E-state index contributed by atoms with van der Waals surface area (Å²) in [4.78, 5) is 12.7. The zero-order chi connectivity index (χ0) is 21.6. The highest BCUT2D eigenvalue weighted by molar-refractivity contribution is 6.77. The number of rotatable bonds is 7. The Balaban J connectivity index is 1.79. The van der Waals surface area contributed by atoms with Crippen molar-refractivity contribution >= 4 is 25.6 Å². The van der Waals surface area contributed by atoms with Crippen molar-refractivity contribution in [1.82, 2.24) is 5.32 Å². The third-order valence-corrected chi connectivity index (χ3v) is 9.26. The van der Waals surface area contributed by atoms with Crippen LogP contribution in [0.1, 0.15) is 24.8 Å². The van der Waals surface area contributed by atoms with E-state index in [1.807, 2.05) is 30.3 Å². The number of nitrogens with zero attached hydrogens (tertiary/aromatic N) is 2. The molecule has 1 amide bonds. The molecule has 2 heterocycles. The number of carbonyl (C=O) groups excluding carboxylic acids is 1. The molecule has 2 aliphatic rings. The lowest BCUT2D eigenvalue weighted by molar-refractivity contribution is 0.0799. The highest BCUT2D eigenvalue weighted by atomic mass is 28.3. The standard InChI is InChI=1S/C22H33N3O4Si/c1-30(2)13-10-17-18(8-11-26)24-25-19(9-12-27)21(17)20(15-30)29-22(28)23-14-16-6-4-3-5-7-16/h3-7,17,20-21,26-27H,8-15H2,1-2H3,(H,23,28)/t17-,20+,21+/m0/s1. The largest absolute Gasteiger partial charge is 0.446 e. The fourth-order valence-corrected chi connectivity index (χ4v) is 7.32. The molecule has 164 valence electrons. The van der Waals surface area contributed by atoms with Crippen LogP contribution in [-0.2, 0) is 11.3 Å². The molecule has 0 unspecified atom stereocenters. The average molecular weight is 432 g/mol. The van der Waals surface area contributed by atoms with Gasteiger partial charge in [-0.1, -0.05) is 49.5 Å². The van der Waals surface area contributed by atoms with E-state index in [9.17, 15) is 15.0 Å². The molecule has 1 aromatic rings. The zero-order valence-corrected chi connectivity index (χ0v) is 18.9. The van der Waals surface area contributed by atoms with E-state index >= 15 is 0 Å². The first-order chi connectivity index (χ1) is 14.4. The van der Waals surface area contributed by atoms with Crippen LogP contribution >= 0.6 is 0 Å². The lowest BCUT2D eigenvalue weighted by Gasteiger charge is -2.35. The maximum atomic E-state index is 12.7. The number of ether oxygens (including phenoxy) is 1. The van der Waals surface area contributed by atoms with Gasteiger partial charge in [-0.25, -0.2) is 4.79 Å². The van der Waals surface area contributed by atoms with E-state index in [-0.39, 0.29) is 31.2 Å². The minimum absolute atomic E-state index is 0.0132. The molecule has 3 N–H and O–H groups in total. The summed E-state index contributed by atoms with van der Waals surface area (Å²) < 4.78 is 6.01. The summed E-state index contributed by atoms with van der Waals surface area (Å²) in [5.74, 6) is 0.00495. The van der Waals surface area contributed by atoms with Crippen molar-refractivity contribution in [1.29, 1.82) is 0 Å². The molecule has 8 heteroatoms. The molecule has 0 radical (unpaired) electrons. The molecule has 2 aliphatic heterocycles. The Morgan fingerprint density at radius 2 is 1.80 bits per heavy atom. The molecule has 0 spiro atoms. The van der Waals surface area contributed by atoms with E-state index in [4.69, 9.17) is 4.74 Å². The fraction of sp³-hybridized carbons (Fsp3) is 0.591. The van der Waals surface area contributed by atoms with E-state index in [0.29, 0.717) is 19.4 Å². The highest BCUT2D eigenvalue weighted by Gasteiger charge is 2.45. The molecule has 1 saturated heterocycles. The smallest absolute Gasteiger partial charge is 0.407 e. The molecular weight excluding hydrogens is 398 g/mol. The second kappa shape index (κ2) is 10.3. The van der Waals surface area contributed by atoms with Gasteiger partial charge in [0, 0.05) is 50.1 Å². The number of amides is 1. The Hall–Kier alpha value is -2.03. The monoisotopic (exact) mass is 431 g/mol. The summed E-state index contributed by atoms with van der Waals surface area (Å²) in [5, 5.41) is 30.7. The molecule has 0 bridgehead atoms. The molecule has 1 fully saturated rings. The summed E-state index contributed by atoms with van der Waals surface area (Å²) >= 11 is 0. The van der Waals surface area contributed by atoms with Crippen molar-refractivity contribution in [2.45, 2.75) is 57.1 Å². The summed E-state index contributed by atoms with van der Waals surface area (Å²) in [6, 6.07) is 11.7. The van der Waals surface area contributed by atoms with Crippen molar-refractivity contribution in [2.75, 3.05) is 13.2 Å². The predicted octanol–water partition coefficient (Wildman–Crippen LogP) is 3.20. The number of aliphatic hydroxyl groups is 2. The van der Waals surface area contributed by atoms with Crippen LogP contribution in [0.4, 0.5) is 4.79 Å². The number of carbonyl (C=O) groups is 1. The van der Waals surface area contributed by atoms with Crippen molar-refractivity contribution in [2.24, 2.45) is 22.0 Å². The van der Waals surface area contributed by atoms with Gasteiger partial charge < -0.3 is 20.3 Å². The van der Waals surface area contributed by atoms with Gasteiger partial charge >= 0.3 is 6.09 Å². The van der Waals surface area contributed by atoms with E-state index in [2.05, 4.69) is 28.6 Å². The van der Waals surface area contributed by atoms with Gasteiger partial charge in [0.2, 0.25) is 0 Å². The Morgan fingerprint density at radius 3 is 2.50 bits per heavy atom. The second-order valence-corrected chi connectivity index (χ2v) is 14.2. The Labute approximate surface area is 179 Å².